The van der Waals surface area contributed by atoms with E-state index in [2.05, 4.69) is 72.8 Å². The first-order valence-corrected chi connectivity index (χ1v) is 11.3. The van der Waals surface area contributed by atoms with Crippen molar-refractivity contribution >= 4 is 22.3 Å². The van der Waals surface area contributed by atoms with E-state index < -0.39 is 0 Å². The molecule has 32 heavy (non-hydrogen) atoms. The third kappa shape index (κ3) is 3.31. The Bertz CT molecular complexity index is 1380. The van der Waals surface area contributed by atoms with Gasteiger partial charge in [-0.1, -0.05) is 78.9 Å². The first-order valence-electron chi connectivity index (χ1n) is 11.3. The van der Waals surface area contributed by atoms with Crippen LogP contribution in [0.25, 0.3) is 10.8 Å². The molecule has 1 aliphatic carbocycles. The molecule has 2 aliphatic rings. The third-order valence-corrected chi connectivity index (χ3v) is 6.90. The van der Waals surface area contributed by atoms with Gasteiger partial charge in [0.25, 0.3) is 0 Å². The van der Waals surface area contributed by atoms with Crippen LogP contribution in [-0.2, 0) is 6.42 Å². The van der Waals surface area contributed by atoms with Gasteiger partial charge in [-0.15, -0.1) is 0 Å². The van der Waals surface area contributed by atoms with E-state index in [9.17, 15) is 0 Å². The van der Waals surface area contributed by atoms with Gasteiger partial charge in [-0.2, -0.15) is 0 Å². The van der Waals surface area contributed by atoms with E-state index in [1.54, 1.807) is 0 Å². The van der Waals surface area contributed by atoms with Crippen molar-refractivity contribution in [3.05, 3.63) is 118 Å². The summed E-state index contributed by atoms with van der Waals surface area (Å²) in [6.45, 7) is 0.863. The second kappa shape index (κ2) is 7.45. The van der Waals surface area contributed by atoms with Crippen LogP contribution in [-0.4, -0.2) is 18.1 Å². The smallest absolute Gasteiger partial charge is 0.122 e. The van der Waals surface area contributed by atoms with Gasteiger partial charge in [0, 0.05) is 23.2 Å². The number of benzene rings is 4. The van der Waals surface area contributed by atoms with Gasteiger partial charge in [-0.25, -0.2) is 0 Å². The predicted octanol–water partition coefficient (Wildman–Crippen LogP) is 5.79. The Labute approximate surface area is 188 Å². The quantitative estimate of drug-likeness (QED) is 0.322. The monoisotopic (exact) mass is 415 g/mol. The maximum absolute atomic E-state index is 7.65. The van der Waals surface area contributed by atoms with E-state index in [-0.39, 0.29) is 5.84 Å². The third-order valence-electron chi connectivity index (χ3n) is 6.90. The van der Waals surface area contributed by atoms with Crippen LogP contribution in [0.5, 0.6) is 0 Å². The maximum Gasteiger partial charge on any atom is 0.122 e. The fourth-order valence-electron chi connectivity index (χ4n) is 5.09. The zero-order valence-corrected chi connectivity index (χ0v) is 17.9. The molecule has 6 rings (SSSR count). The second-order valence-electron chi connectivity index (χ2n) is 8.95. The molecular formula is C29H25N3. The first kappa shape index (κ1) is 19.0. The lowest BCUT2D eigenvalue weighted by Gasteiger charge is -2.18. The molecule has 1 aliphatic heterocycles. The highest BCUT2D eigenvalue weighted by Gasteiger charge is 2.39. The Morgan fingerprint density at radius 1 is 0.812 bits per heavy atom. The summed E-state index contributed by atoms with van der Waals surface area (Å²) in [7, 11) is 0. The van der Waals surface area contributed by atoms with E-state index in [1.807, 2.05) is 12.1 Å². The maximum atomic E-state index is 7.65. The average molecular weight is 416 g/mol. The molecule has 3 N–H and O–H groups in total. The molecular weight excluding hydrogens is 390 g/mol. The number of amidine groups is 1. The Balaban J connectivity index is 1.26. The summed E-state index contributed by atoms with van der Waals surface area (Å²) in [5.41, 5.74) is 14.3. The number of fused-ring (bicyclic) bond motifs is 2. The largest absolute Gasteiger partial charge is 0.384 e. The summed E-state index contributed by atoms with van der Waals surface area (Å²) in [5.74, 6) is 1.29. The zero-order valence-electron chi connectivity index (χ0n) is 17.9. The Morgan fingerprint density at radius 3 is 2.34 bits per heavy atom. The summed E-state index contributed by atoms with van der Waals surface area (Å²) in [6.07, 6.45) is 2.22. The van der Waals surface area contributed by atoms with Crippen molar-refractivity contribution in [2.75, 3.05) is 6.54 Å². The molecule has 0 bridgehead atoms. The van der Waals surface area contributed by atoms with Crippen molar-refractivity contribution in [1.82, 2.24) is 0 Å². The fraction of sp³-hybridized carbons (Fsp3) is 0.172. The molecule has 3 nitrogen and oxygen atoms in total. The molecule has 0 amide bonds. The van der Waals surface area contributed by atoms with Crippen molar-refractivity contribution in [2.45, 2.75) is 24.7 Å². The summed E-state index contributed by atoms with van der Waals surface area (Å²) in [6, 6.07) is 30.3. The minimum atomic E-state index is 0.117. The molecule has 156 valence electrons. The van der Waals surface area contributed by atoms with Crippen molar-refractivity contribution in [2.24, 2.45) is 10.7 Å². The van der Waals surface area contributed by atoms with Crippen LogP contribution in [0.1, 0.15) is 51.6 Å². The van der Waals surface area contributed by atoms with Gasteiger partial charge in [-0.3, -0.25) is 10.4 Å². The van der Waals surface area contributed by atoms with Gasteiger partial charge in [0.1, 0.15) is 5.84 Å². The fourth-order valence-corrected chi connectivity index (χ4v) is 5.09. The van der Waals surface area contributed by atoms with Crippen LogP contribution in [0.4, 0.5) is 0 Å². The standard InChI is InChI=1S/C29H25N3/c30-29(31)24-9-7-19-14-21(8-6-20(19)15-24)26-17-27(26)22-10-11-25-23(16-22)12-13-32-28(25)18-4-2-1-3-5-18/h1-11,14-16,26-27H,12-13,17H2,(H3,30,31). The summed E-state index contributed by atoms with van der Waals surface area (Å²) in [4.78, 5) is 4.84. The molecule has 1 heterocycles. The number of hydrogen-bond acceptors (Lipinski definition) is 2. The number of rotatable bonds is 4. The molecule has 0 radical (unpaired) electrons. The van der Waals surface area contributed by atoms with Gasteiger partial charge in [0.2, 0.25) is 0 Å². The summed E-state index contributed by atoms with van der Waals surface area (Å²) in [5, 5.41) is 10.0. The Kier molecular flexibility index (Phi) is 4.43. The van der Waals surface area contributed by atoms with Crippen LogP contribution in [0.2, 0.25) is 0 Å². The van der Waals surface area contributed by atoms with Crippen molar-refractivity contribution < 1.29 is 0 Å². The van der Waals surface area contributed by atoms with E-state index in [1.165, 1.54) is 39.6 Å². The van der Waals surface area contributed by atoms with E-state index in [4.69, 9.17) is 16.1 Å². The summed E-state index contributed by atoms with van der Waals surface area (Å²) >= 11 is 0. The number of nitrogens with zero attached hydrogens (tertiary/aromatic N) is 1. The minimum Gasteiger partial charge on any atom is -0.384 e. The average Bonchev–Trinajstić information content (AvgIpc) is 3.64. The molecule has 1 saturated carbocycles. The molecule has 0 aromatic heterocycles. The molecule has 1 fully saturated rings. The van der Waals surface area contributed by atoms with Gasteiger partial charge in [-0.05, 0) is 58.2 Å². The molecule has 2 atom stereocenters. The Morgan fingerprint density at radius 2 is 1.53 bits per heavy atom. The topological polar surface area (TPSA) is 62.2 Å². The van der Waals surface area contributed by atoms with Crippen molar-refractivity contribution in [3.63, 3.8) is 0 Å². The van der Waals surface area contributed by atoms with Crippen LogP contribution in [0.15, 0.2) is 89.9 Å². The lowest BCUT2D eigenvalue weighted by atomic mass is 9.90. The van der Waals surface area contributed by atoms with Gasteiger partial charge >= 0.3 is 0 Å². The molecule has 0 spiro atoms. The predicted molar refractivity (Wildman–Crippen MR) is 132 cm³/mol. The number of nitrogens with two attached hydrogens (primary N) is 1. The number of hydrogen-bond donors (Lipinski definition) is 2. The minimum absolute atomic E-state index is 0.117. The van der Waals surface area contributed by atoms with Crippen molar-refractivity contribution in [3.8, 4) is 0 Å². The molecule has 2 unspecified atom stereocenters. The molecule has 4 aromatic rings. The molecule has 4 aromatic carbocycles. The van der Waals surface area contributed by atoms with Crippen LogP contribution in [0, 0.1) is 5.41 Å². The van der Waals surface area contributed by atoms with Crippen molar-refractivity contribution in [1.29, 1.82) is 5.41 Å². The Hall–Kier alpha value is -3.72. The normalized spacial score (nSPS) is 19.3. The number of nitrogen functional groups attached to an aromatic ring is 1. The molecule has 3 heteroatoms. The van der Waals surface area contributed by atoms with Crippen LogP contribution in [0.3, 0.4) is 0 Å². The highest BCUT2D eigenvalue weighted by atomic mass is 14.7. The van der Waals surface area contributed by atoms with E-state index in [0.717, 1.165) is 29.6 Å². The highest BCUT2D eigenvalue weighted by Crippen LogP contribution is 2.55. The number of aliphatic imine (C=N–C) groups is 1. The SMILES string of the molecule is N=C(N)c1ccc2cc(C3CC3c3ccc4c(c3)CCN=C4c3ccccc3)ccc2c1. The lowest BCUT2D eigenvalue weighted by Crippen LogP contribution is -2.14. The highest BCUT2D eigenvalue weighted by molar-refractivity contribution is 6.14. The van der Waals surface area contributed by atoms with E-state index in [0.29, 0.717) is 11.8 Å². The second-order valence-corrected chi connectivity index (χ2v) is 8.95. The van der Waals surface area contributed by atoms with E-state index >= 15 is 0 Å². The zero-order chi connectivity index (χ0) is 21.7. The summed E-state index contributed by atoms with van der Waals surface area (Å²) < 4.78 is 0. The van der Waals surface area contributed by atoms with Gasteiger partial charge in [0.05, 0.1) is 5.71 Å². The van der Waals surface area contributed by atoms with Crippen LogP contribution >= 0.6 is 0 Å². The molecule has 0 saturated heterocycles. The van der Waals surface area contributed by atoms with Crippen LogP contribution < -0.4 is 5.73 Å². The van der Waals surface area contributed by atoms with Gasteiger partial charge < -0.3 is 5.73 Å². The lowest BCUT2D eigenvalue weighted by molar-refractivity contribution is 0.932. The first-order chi connectivity index (χ1) is 15.7. The van der Waals surface area contributed by atoms with Gasteiger partial charge in [0.15, 0.2) is 0 Å². The number of nitrogens with one attached hydrogen (secondary N) is 1.